The second kappa shape index (κ2) is 14.5. The van der Waals surface area contributed by atoms with Crippen LogP contribution in [0.1, 0.15) is 72.9 Å². The van der Waals surface area contributed by atoms with Crippen LogP contribution in [0.5, 0.6) is 0 Å². The molecule has 49 heavy (non-hydrogen) atoms. The number of thiocarbonyl (C=S) groups is 2. The summed E-state index contributed by atoms with van der Waals surface area (Å²) in [5, 5.41) is 13.4. The molecule has 256 valence electrons. The monoisotopic (exact) mass is 706 g/mol. The van der Waals surface area contributed by atoms with E-state index in [9.17, 15) is 38.4 Å². The lowest BCUT2D eigenvalue weighted by Crippen LogP contribution is -2.59. The summed E-state index contributed by atoms with van der Waals surface area (Å²) in [6.45, 7) is 11.2. The first-order valence-electron chi connectivity index (χ1n) is 15.2. The van der Waals surface area contributed by atoms with Crippen molar-refractivity contribution in [1.29, 1.82) is 0 Å². The summed E-state index contributed by atoms with van der Waals surface area (Å²) in [7, 11) is 0. The van der Waals surface area contributed by atoms with Crippen LogP contribution in [-0.4, -0.2) is 57.2 Å². The minimum absolute atomic E-state index is 0.102. The first-order chi connectivity index (χ1) is 22.9. The third kappa shape index (κ3) is 7.92. The van der Waals surface area contributed by atoms with Crippen molar-refractivity contribution in [1.82, 2.24) is 21.3 Å². The van der Waals surface area contributed by atoms with Gasteiger partial charge in [0.1, 0.15) is 0 Å². The van der Waals surface area contributed by atoms with Gasteiger partial charge in [-0.05, 0) is 89.9 Å². The Morgan fingerprint density at radius 3 is 1.20 bits per heavy atom. The van der Waals surface area contributed by atoms with E-state index >= 15 is 0 Å². The number of hydrogen-bond acceptors (Lipinski definition) is 10. The highest BCUT2D eigenvalue weighted by Gasteiger charge is 2.43. The maximum atomic E-state index is 13.0. The molecule has 6 N–H and O–H groups in total. The van der Waals surface area contributed by atoms with Crippen LogP contribution in [-0.2, 0) is 44.8 Å². The van der Waals surface area contributed by atoms with Crippen LogP contribution in [0.3, 0.4) is 0 Å². The topological polar surface area (TPSA) is 209 Å². The smallest absolute Gasteiger partial charge is 0.293 e. The van der Waals surface area contributed by atoms with Crippen molar-refractivity contribution in [3.63, 3.8) is 0 Å². The standard InChI is InChI=1S/C33H34N6O8S2/c1-12(2)18-10-16(7-14(5)22(18)34-30(46)24(40)20-26(42)36-32(48)37-27(20)43)9-17-8-15(6)23(19(11-17)13(3)4)35-31(47)25(41)21-28(44)38-33(49)39-29(21)45/h7-8,10-13,20-21H,9H2,1-6H3,(H,34,46)(H,35,47)(H2,36,37,42,43,48)(H2,38,39,44,45,49). The molecule has 0 unspecified atom stereocenters. The number of rotatable bonds is 10. The van der Waals surface area contributed by atoms with Crippen LogP contribution in [0.25, 0.3) is 0 Å². The summed E-state index contributed by atoms with van der Waals surface area (Å²) in [5.74, 6) is -12.6. The average Bonchev–Trinajstić information content (AvgIpc) is 2.97. The van der Waals surface area contributed by atoms with Crippen LogP contribution >= 0.6 is 24.4 Å². The Balaban J connectivity index is 1.57. The number of amides is 6. The average molecular weight is 707 g/mol. The third-order valence-electron chi connectivity index (χ3n) is 7.95. The molecule has 0 atom stereocenters. The summed E-state index contributed by atoms with van der Waals surface area (Å²) in [6.07, 6.45) is 0.437. The Labute approximate surface area is 291 Å². The lowest BCUT2D eigenvalue weighted by Gasteiger charge is -2.23. The molecule has 14 nitrogen and oxygen atoms in total. The minimum Gasteiger partial charge on any atom is -0.319 e. The summed E-state index contributed by atoms with van der Waals surface area (Å²) in [6, 6.07) is 7.46. The quantitative estimate of drug-likeness (QED) is 0.119. The number of carbonyl (C=O) groups excluding carboxylic acids is 8. The molecule has 0 spiro atoms. The largest absolute Gasteiger partial charge is 0.319 e. The molecule has 2 fully saturated rings. The first-order valence-corrected chi connectivity index (χ1v) is 16.0. The summed E-state index contributed by atoms with van der Waals surface area (Å²) >= 11 is 9.50. The van der Waals surface area contributed by atoms with E-state index in [1.165, 1.54) is 0 Å². The maximum absolute atomic E-state index is 13.0. The number of ketones is 2. The fourth-order valence-corrected chi connectivity index (χ4v) is 6.00. The van der Waals surface area contributed by atoms with Gasteiger partial charge >= 0.3 is 0 Å². The zero-order chi connectivity index (χ0) is 36.5. The van der Waals surface area contributed by atoms with Gasteiger partial charge in [-0.1, -0.05) is 52.0 Å². The summed E-state index contributed by atoms with van der Waals surface area (Å²) in [4.78, 5) is 101. The van der Waals surface area contributed by atoms with Crippen molar-refractivity contribution < 1.29 is 38.4 Å². The predicted molar refractivity (Wildman–Crippen MR) is 185 cm³/mol. The summed E-state index contributed by atoms with van der Waals surface area (Å²) < 4.78 is 0. The molecule has 2 aromatic rings. The fourth-order valence-electron chi connectivity index (χ4n) is 5.60. The molecule has 0 bridgehead atoms. The van der Waals surface area contributed by atoms with Crippen LogP contribution in [0.2, 0.25) is 0 Å². The fraction of sp³-hybridized carbons (Fsp3) is 0.333. The van der Waals surface area contributed by atoms with Gasteiger partial charge in [0, 0.05) is 11.4 Å². The van der Waals surface area contributed by atoms with Gasteiger partial charge in [-0.15, -0.1) is 0 Å². The SMILES string of the molecule is Cc1cc(Cc2cc(C)c(NC(=O)C(=O)C3C(=O)NC(=S)NC3=O)c(C(C)C)c2)cc(C(C)C)c1NC(=O)C(=O)C1C(=O)NC(=S)NC1=O. The molecule has 0 saturated carbocycles. The molecular weight excluding hydrogens is 673 g/mol. The highest BCUT2D eigenvalue weighted by atomic mass is 32.1. The van der Waals surface area contributed by atoms with Gasteiger partial charge in [0.05, 0.1) is 0 Å². The molecule has 0 aliphatic carbocycles. The second-order valence-corrected chi connectivity index (χ2v) is 13.2. The molecule has 2 saturated heterocycles. The number of anilines is 2. The van der Waals surface area contributed by atoms with E-state index in [1.54, 1.807) is 13.8 Å². The molecule has 4 rings (SSSR count). The second-order valence-electron chi connectivity index (χ2n) is 12.4. The molecule has 0 radical (unpaired) electrons. The highest BCUT2D eigenvalue weighted by molar-refractivity contribution is 7.80. The van der Waals surface area contributed by atoms with E-state index in [0.717, 1.165) is 22.3 Å². The molecular formula is C33H34N6O8S2. The Morgan fingerprint density at radius 1 is 0.612 bits per heavy atom. The molecule has 2 aliphatic heterocycles. The van der Waals surface area contributed by atoms with Crippen molar-refractivity contribution in [2.75, 3.05) is 10.6 Å². The Hall–Kier alpha value is -5.22. The Bertz CT molecular complexity index is 1710. The van der Waals surface area contributed by atoms with Crippen molar-refractivity contribution in [3.8, 4) is 0 Å². The van der Waals surface area contributed by atoms with E-state index < -0.39 is 58.8 Å². The van der Waals surface area contributed by atoms with Gasteiger partial charge < -0.3 is 31.9 Å². The molecule has 2 aromatic carbocycles. The Morgan fingerprint density at radius 2 is 0.918 bits per heavy atom. The van der Waals surface area contributed by atoms with Crippen LogP contribution in [0.4, 0.5) is 11.4 Å². The normalized spacial score (nSPS) is 15.4. The highest BCUT2D eigenvalue weighted by Crippen LogP contribution is 2.33. The molecule has 2 aliphatic rings. The van der Waals surface area contributed by atoms with Gasteiger partial charge in [0.25, 0.3) is 11.8 Å². The van der Waals surface area contributed by atoms with Crippen molar-refractivity contribution in [2.24, 2.45) is 11.8 Å². The lowest BCUT2D eigenvalue weighted by molar-refractivity contribution is -0.148. The number of Topliss-reactive ketones (excluding diaryl/α,β-unsaturated/α-hetero) is 2. The zero-order valence-corrected chi connectivity index (χ0v) is 29.0. The van der Waals surface area contributed by atoms with E-state index in [0.29, 0.717) is 28.9 Å². The number of benzene rings is 2. The minimum atomic E-state index is -1.87. The molecule has 6 amide bonds. The van der Waals surface area contributed by atoms with Crippen LogP contribution in [0, 0.1) is 25.7 Å². The van der Waals surface area contributed by atoms with Gasteiger partial charge in [-0.25, -0.2) is 0 Å². The first kappa shape index (κ1) is 36.6. The van der Waals surface area contributed by atoms with E-state index in [-0.39, 0.29) is 22.1 Å². The summed E-state index contributed by atoms with van der Waals surface area (Å²) in [5.41, 5.74) is 5.23. The van der Waals surface area contributed by atoms with Crippen molar-refractivity contribution in [3.05, 3.63) is 57.6 Å². The third-order valence-corrected chi connectivity index (χ3v) is 8.36. The van der Waals surface area contributed by atoms with Gasteiger partial charge in [0.15, 0.2) is 22.1 Å². The van der Waals surface area contributed by atoms with E-state index in [2.05, 4.69) is 31.9 Å². The van der Waals surface area contributed by atoms with E-state index in [1.807, 2.05) is 52.0 Å². The van der Waals surface area contributed by atoms with Crippen molar-refractivity contribution >= 4 is 93.0 Å². The maximum Gasteiger partial charge on any atom is 0.293 e. The predicted octanol–water partition coefficient (Wildman–Crippen LogP) is 1.45. The lowest BCUT2D eigenvalue weighted by atomic mass is 9.90. The van der Waals surface area contributed by atoms with E-state index in [4.69, 9.17) is 24.4 Å². The number of hydrogen-bond donors (Lipinski definition) is 6. The van der Waals surface area contributed by atoms with Crippen LogP contribution in [0.15, 0.2) is 24.3 Å². The zero-order valence-electron chi connectivity index (χ0n) is 27.4. The van der Waals surface area contributed by atoms with Crippen molar-refractivity contribution in [2.45, 2.75) is 59.8 Å². The number of aryl methyl sites for hydroxylation is 2. The molecule has 16 heteroatoms. The van der Waals surface area contributed by atoms with Gasteiger partial charge in [0.2, 0.25) is 35.2 Å². The van der Waals surface area contributed by atoms with Crippen LogP contribution < -0.4 is 31.9 Å². The van der Waals surface area contributed by atoms with Gasteiger partial charge in [-0.2, -0.15) is 0 Å². The molecule has 2 heterocycles. The Kier molecular flexibility index (Phi) is 10.8. The number of nitrogens with one attached hydrogen (secondary N) is 6. The number of carbonyl (C=O) groups is 8. The van der Waals surface area contributed by atoms with Gasteiger partial charge in [-0.3, -0.25) is 38.4 Å². The molecule has 0 aromatic heterocycles.